The van der Waals surface area contributed by atoms with Gasteiger partial charge in [-0.25, -0.2) is 4.79 Å². The Morgan fingerprint density at radius 1 is 1.26 bits per heavy atom. The van der Waals surface area contributed by atoms with Crippen molar-refractivity contribution >= 4 is 16.8 Å². The minimum absolute atomic E-state index is 0.0322. The van der Waals surface area contributed by atoms with Crippen LogP contribution in [0.1, 0.15) is 35.9 Å². The summed E-state index contributed by atoms with van der Waals surface area (Å²) >= 11 is 0. The molecule has 6 nitrogen and oxygen atoms in total. The van der Waals surface area contributed by atoms with Gasteiger partial charge in [0.15, 0.2) is 5.76 Å². The third-order valence-corrected chi connectivity index (χ3v) is 5.04. The van der Waals surface area contributed by atoms with Crippen LogP contribution in [-0.4, -0.2) is 29.7 Å². The average Bonchev–Trinajstić information content (AvgIpc) is 3.34. The molecule has 1 aliphatic heterocycles. The van der Waals surface area contributed by atoms with Gasteiger partial charge in [0, 0.05) is 19.2 Å². The van der Waals surface area contributed by atoms with Gasteiger partial charge < -0.3 is 19.5 Å². The van der Waals surface area contributed by atoms with E-state index in [2.05, 4.69) is 22.6 Å². The Labute approximate surface area is 158 Å². The number of aryl methyl sites for hydroxylation is 1. The van der Waals surface area contributed by atoms with E-state index in [0.29, 0.717) is 6.54 Å². The van der Waals surface area contributed by atoms with Gasteiger partial charge >= 0.3 is 6.03 Å². The molecule has 1 atom stereocenters. The van der Waals surface area contributed by atoms with Crippen molar-refractivity contribution in [3.8, 4) is 5.75 Å². The van der Waals surface area contributed by atoms with E-state index in [-0.39, 0.29) is 12.1 Å². The largest absolute Gasteiger partial charge is 0.497 e. The van der Waals surface area contributed by atoms with Crippen LogP contribution < -0.4 is 10.1 Å². The summed E-state index contributed by atoms with van der Waals surface area (Å²) in [5.41, 5.74) is 1.90. The van der Waals surface area contributed by atoms with E-state index in [1.165, 1.54) is 0 Å². The zero-order chi connectivity index (χ0) is 18.8. The minimum Gasteiger partial charge on any atom is -0.497 e. The van der Waals surface area contributed by atoms with Gasteiger partial charge in [-0.15, -0.1) is 0 Å². The molecule has 140 valence electrons. The topological polar surface area (TPSA) is 67.6 Å². The number of hydrogen-bond donors (Lipinski definition) is 1. The number of likely N-dealkylation sites (tertiary alicyclic amines) is 1. The molecule has 2 heterocycles. The van der Waals surface area contributed by atoms with Crippen molar-refractivity contribution < 1.29 is 14.1 Å². The van der Waals surface area contributed by atoms with E-state index in [4.69, 9.17) is 9.26 Å². The minimum atomic E-state index is -0.0682. The van der Waals surface area contributed by atoms with Crippen molar-refractivity contribution in [1.82, 2.24) is 15.4 Å². The molecule has 2 aromatic carbocycles. The maximum atomic E-state index is 12.7. The zero-order valence-corrected chi connectivity index (χ0v) is 15.6. The molecule has 0 unspecified atom stereocenters. The van der Waals surface area contributed by atoms with Gasteiger partial charge in [-0.2, -0.15) is 0 Å². The first-order chi connectivity index (χ1) is 13.1. The monoisotopic (exact) mass is 365 g/mol. The summed E-state index contributed by atoms with van der Waals surface area (Å²) in [6, 6.07) is 14.0. The highest BCUT2D eigenvalue weighted by Crippen LogP contribution is 2.32. The summed E-state index contributed by atoms with van der Waals surface area (Å²) < 4.78 is 10.6. The fraction of sp³-hybridized carbons (Fsp3) is 0.333. The van der Waals surface area contributed by atoms with E-state index in [0.717, 1.165) is 52.9 Å². The number of carbonyl (C=O) groups is 1. The number of urea groups is 1. The molecule has 0 spiro atoms. The second-order valence-corrected chi connectivity index (χ2v) is 6.93. The molecule has 0 bridgehead atoms. The Hall–Kier alpha value is -3.02. The maximum absolute atomic E-state index is 12.7. The number of hydrogen-bond acceptors (Lipinski definition) is 4. The Morgan fingerprint density at radius 2 is 2.07 bits per heavy atom. The molecule has 0 aliphatic carbocycles. The number of nitrogens with zero attached hydrogens (tertiary/aromatic N) is 2. The molecule has 0 radical (unpaired) electrons. The van der Waals surface area contributed by atoms with Gasteiger partial charge in [0.25, 0.3) is 0 Å². The van der Waals surface area contributed by atoms with Crippen LogP contribution in [0.15, 0.2) is 47.0 Å². The Balaban J connectivity index is 1.43. The number of nitrogens with one attached hydrogen (secondary N) is 1. The van der Waals surface area contributed by atoms with Gasteiger partial charge in [0.05, 0.1) is 18.8 Å². The Bertz CT molecular complexity index is 966. The normalized spacial score (nSPS) is 16.7. The SMILES string of the molecule is COc1ccc2cc(CNC(=O)N3CCC[C@H]3c3cc(C)no3)ccc2c1. The molecule has 2 amide bonds. The number of ether oxygens (including phenoxy) is 1. The highest BCUT2D eigenvalue weighted by molar-refractivity contribution is 5.84. The third kappa shape index (κ3) is 3.60. The van der Waals surface area contributed by atoms with Gasteiger partial charge in [-0.05, 0) is 54.3 Å². The molecule has 1 saturated heterocycles. The first-order valence-corrected chi connectivity index (χ1v) is 9.18. The van der Waals surface area contributed by atoms with Crippen molar-refractivity contribution in [2.45, 2.75) is 32.4 Å². The molecule has 6 heteroatoms. The van der Waals surface area contributed by atoms with Gasteiger partial charge in [0.2, 0.25) is 0 Å². The van der Waals surface area contributed by atoms with Crippen LogP contribution in [0, 0.1) is 6.92 Å². The molecular formula is C21H23N3O3. The average molecular weight is 365 g/mol. The predicted molar refractivity (Wildman–Crippen MR) is 103 cm³/mol. The van der Waals surface area contributed by atoms with Crippen LogP contribution in [0.2, 0.25) is 0 Å². The fourth-order valence-electron chi connectivity index (χ4n) is 3.64. The Morgan fingerprint density at radius 3 is 2.85 bits per heavy atom. The third-order valence-electron chi connectivity index (χ3n) is 5.04. The number of amides is 2. The lowest BCUT2D eigenvalue weighted by Crippen LogP contribution is -2.39. The van der Waals surface area contributed by atoms with Crippen molar-refractivity contribution in [1.29, 1.82) is 0 Å². The molecule has 1 fully saturated rings. The van der Waals surface area contributed by atoms with Gasteiger partial charge in [-0.1, -0.05) is 23.4 Å². The number of benzene rings is 2. The summed E-state index contributed by atoms with van der Waals surface area (Å²) in [5, 5.41) is 9.22. The first-order valence-electron chi connectivity index (χ1n) is 9.18. The standard InChI is InChI=1S/C21H23N3O3/c1-14-10-20(27-23-14)19-4-3-9-24(19)21(25)22-13-15-5-6-17-12-18(26-2)8-7-16(17)11-15/h5-8,10-12,19H,3-4,9,13H2,1-2H3,(H,22,25)/t19-/m0/s1. The van der Waals surface area contributed by atoms with Crippen molar-refractivity contribution in [3.63, 3.8) is 0 Å². The highest BCUT2D eigenvalue weighted by atomic mass is 16.5. The summed E-state index contributed by atoms with van der Waals surface area (Å²) in [6.45, 7) is 3.11. The van der Waals surface area contributed by atoms with Crippen molar-refractivity contribution in [3.05, 3.63) is 59.5 Å². The molecule has 3 aromatic rings. The van der Waals surface area contributed by atoms with Crippen LogP contribution in [0.4, 0.5) is 4.79 Å². The smallest absolute Gasteiger partial charge is 0.318 e. The van der Waals surface area contributed by atoms with Crippen molar-refractivity contribution in [2.24, 2.45) is 0 Å². The van der Waals surface area contributed by atoms with E-state index >= 15 is 0 Å². The lowest BCUT2D eigenvalue weighted by molar-refractivity contribution is 0.182. The van der Waals surface area contributed by atoms with E-state index in [1.807, 2.05) is 42.2 Å². The number of methoxy groups -OCH3 is 1. The molecule has 0 saturated carbocycles. The number of fused-ring (bicyclic) bond motifs is 1. The van der Waals surface area contributed by atoms with Gasteiger partial charge in [-0.3, -0.25) is 0 Å². The molecule has 1 aromatic heterocycles. The van der Waals surface area contributed by atoms with Crippen LogP contribution in [0.25, 0.3) is 10.8 Å². The molecule has 1 N–H and O–H groups in total. The quantitative estimate of drug-likeness (QED) is 0.753. The summed E-state index contributed by atoms with van der Waals surface area (Å²) in [5.74, 6) is 1.60. The second kappa shape index (κ2) is 7.31. The van der Waals surface area contributed by atoms with Crippen molar-refractivity contribution in [2.75, 3.05) is 13.7 Å². The zero-order valence-electron chi connectivity index (χ0n) is 15.6. The molecule has 1 aliphatic rings. The number of rotatable bonds is 4. The summed E-state index contributed by atoms with van der Waals surface area (Å²) in [6.07, 6.45) is 1.87. The second-order valence-electron chi connectivity index (χ2n) is 6.93. The molecular weight excluding hydrogens is 342 g/mol. The summed E-state index contributed by atoms with van der Waals surface area (Å²) in [7, 11) is 1.66. The van der Waals surface area contributed by atoms with Crippen LogP contribution >= 0.6 is 0 Å². The van der Waals surface area contributed by atoms with E-state index in [9.17, 15) is 4.79 Å². The Kier molecular flexibility index (Phi) is 4.71. The summed E-state index contributed by atoms with van der Waals surface area (Å²) in [4.78, 5) is 14.5. The lowest BCUT2D eigenvalue weighted by Gasteiger charge is -2.23. The van der Waals surface area contributed by atoms with Gasteiger partial charge in [0.1, 0.15) is 5.75 Å². The number of carbonyl (C=O) groups excluding carboxylic acids is 1. The number of aromatic nitrogens is 1. The predicted octanol–water partition coefficient (Wildman–Crippen LogP) is 4.19. The van der Waals surface area contributed by atoms with Crippen LogP contribution in [-0.2, 0) is 6.54 Å². The molecule has 4 rings (SSSR count). The maximum Gasteiger partial charge on any atom is 0.318 e. The van der Waals surface area contributed by atoms with Crippen LogP contribution in [0.5, 0.6) is 5.75 Å². The highest BCUT2D eigenvalue weighted by Gasteiger charge is 2.32. The van der Waals surface area contributed by atoms with E-state index in [1.54, 1.807) is 7.11 Å². The van der Waals surface area contributed by atoms with E-state index < -0.39 is 0 Å². The lowest BCUT2D eigenvalue weighted by atomic mass is 10.1. The molecule has 27 heavy (non-hydrogen) atoms. The first kappa shape index (κ1) is 17.4. The van der Waals surface area contributed by atoms with Crippen LogP contribution in [0.3, 0.4) is 0 Å². The fourth-order valence-corrected chi connectivity index (χ4v) is 3.64.